The van der Waals surface area contributed by atoms with E-state index < -0.39 is 0 Å². The van der Waals surface area contributed by atoms with Crippen LogP contribution in [-0.4, -0.2) is 0 Å². The molecule has 158 valence electrons. The van der Waals surface area contributed by atoms with Gasteiger partial charge in [-0.05, 0) is 19.3 Å². The maximum absolute atomic E-state index is 2.43. The fourth-order valence-corrected chi connectivity index (χ4v) is 2.97. The van der Waals surface area contributed by atoms with E-state index in [-0.39, 0.29) is 77.8 Å². The monoisotopic (exact) mass is 533 g/mol. The summed E-state index contributed by atoms with van der Waals surface area (Å²) < 4.78 is 0. The van der Waals surface area contributed by atoms with Crippen molar-refractivity contribution in [2.75, 3.05) is 0 Å². The molecule has 0 saturated heterocycles. The number of hydrogen-bond acceptors (Lipinski definition) is 0. The molecule has 0 fully saturated rings. The van der Waals surface area contributed by atoms with Crippen LogP contribution in [0, 0.1) is 52.0 Å². The predicted octanol–water partition coefficient (Wildman–Crippen LogP) is 8.16. The van der Waals surface area contributed by atoms with Crippen LogP contribution in [0.5, 0.6) is 0 Å². The first kappa shape index (κ1) is 40.7. The fraction of sp³-hybridized carbons (Fsp3) is 0.192. The average molecular weight is 532 g/mol. The van der Waals surface area contributed by atoms with Crippen molar-refractivity contribution in [3.8, 4) is 0 Å². The van der Waals surface area contributed by atoms with Crippen LogP contribution in [-0.2, 0) is 45.1 Å². The molecular weight excluding hydrogens is 491 g/mol. The first-order valence-electron chi connectivity index (χ1n) is 7.25. The SMILES string of the molecule is CC[c-]1ccc2cc3c(cc21)CCC3.[CH3-].[CH3-].[CH3-].[CH3-].[CH3-].[CH3-].[CH3-].[Hf].c1cc[cH-]c1. The quantitative estimate of drug-likeness (QED) is 0.219. The molecule has 1 aliphatic rings. The van der Waals surface area contributed by atoms with Gasteiger partial charge in [0.05, 0.1) is 0 Å². The van der Waals surface area contributed by atoms with E-state index in [1.165, 1.54) is 35.6 Å². The molecule has 0 nitrogen and oxygen atoms in total. The molecule has 0 bridgehead atoms. The normalized spacial score (nSPS) is 9.22. The van der Waals surface area contributed by atoms with E-state index in [2.05, 4.69) is 31.2 Å². The van der Waals surface area contributed by atoms with Crippen molar-refractivity contribution in [3.05, 3.63) is 123 Å². The van der Waals surface area contributed by atoms with Gasteiger partial charge in [0, 0.05) is 25.8 Å². The maximum atomic E-state index is 2.43. The molecule has 0 heterocycles. The largest absolute Gasteiger partial charge is 0.358 e. The molecule has 3 aromatic carbocycles. The van der Waals surface area contributed by atoms with Crippen LogP contribution in [0.2, 0.25) is 0 Å². The Morgan fingerprint density at radius 3 is 1.81 bits per heavy atom. The van der Waals surface area contributed by atoms with Crippen molar-refractivity contribution in [1.82, 2.24) is 0 Å². The van der Waals surface area contributed by atoms with Crippen molar-refractivity contribution in [1.29, 1.82) is 0 Å². The Balaban J connectivity index is -0.0000000765. The molecule has 4 rings (SSSR count). The number of benzene rings is 1. The molecule has 27 heavy (non-hydrogen) atoms. The molecule has 0 aliphatic heterocycles. The fourth-order valence-electron chi connectivity index (χ4n) is 2.97. The minimum atomic E-state index is 0. The predicted molar refractivity (Wildman–Crippen MR) is 128 cm³/mol. The molecule has 3 aromatic rings. The van der Waals surface area contributed by atoms with E-state index in [0.717, 1.165) is 6.42 Å². The molecule has 0 saturated carbocycles. The van der Waals surface area contributed by atoms with Crippen molar-refractivity contribution in [3.63, 3.8) is 0 Å². The summed E-state index contributed by atoms with van der Waals surface area (Å²) in [6, 6.07) is 19.4. The van der Waals surface area contributed by atoms with Crippen molar-refractivity contribution in [2.45, 2.75) is 32.6 Å². The maximum Gasteiger partial charge on any atom is 0 e. The van der Waals surface area contributed by atoms with Crippen LogP contribution in [0.15, 0.2) is 54.6 Å². The van der Waals surface area contributed by atoms with Gasteiger partial charge in [0.1, 0.15) is 0 Å². The van der Waals surface area contributed by atoms with Crippen LogP contribution >= 0.6 is 0 Å². The summed E-state index contributed by atoms with van der Waals surface area (Å²) in [7, 11) is 0. The first-order valence-corrected chi connectivity index (χ1v) is 7.25. The molecule has 0 amide bonds. The van der Waals surface area contributed by atoms with Crippen molar-refractivity contribution in [2.24, 2.45) is 0 Å². The van der Waals surface area contributed by atoms with E-state index in [4.69, 9.17) is 0 Å². The van der Waals surface area contributed by atoms with Gasteiger partial charge in [-0.1, -0.05) is 24.5 Å². The van der Waals surface area contributed by atoms with Crippen LogP contribution in [0.3, 0.4) is 0 Å². The first-order chi connectivity index (χ1) is 9.38. The van der Waals surface area contributed by atoms with E-state index in [1.807, 2.05) is 30.3 Å². The molecule has 0 N–H and O–H groups in total. The van der Waals surface area contributed by atoms with Crippen LogP contribution in [0.25, 0.3) is 10.8 Å². The average Bonchev–Trinajstić information content (AvgIpc) is 3.18. The number of rotatable bonds is 1. The Kier molecular flexibility index (Phi) is 29.8. The second kappa shape index (κ2) is 19.8. The van der Waals surface area contributed by atoms with Crippen LogP contribution in [0.4, 0.5) is 0 Å². The summed E-state index contributed by atoms with van der Waals surface area (Å²) in [5.74, 6) is 0. The topological polar surface area (TPSA) is 0 Å². The minimum Gasteiger partial charge on any atom is -0.358 e. The summed E-state index contributed by atoms with van der Waals surface area (Å²) in [6.07, 6.45) is 5.09. The second-order valence-corrected chi connectivity index (χ2v) is 5.24. The van der Waals surface area contributed by atoms with Gasteiger partial charge in [0.25, 0.3) is 0 Å². The molecule has 1 heteroatoms. The molecule has 0 unspecified atom stereocenters. The Morgan fingerprint density at radius 2 is 1.37 bits per heavy atom. The van der Waals surface area contributed by atoms with E-state index in [0.29, 0.717) is 0 Å². The van der Waals surface area contributed by atoms with Crippen molar-refractivity contribution >= 4 is 10.8 Å². The van der Waals surface area contributed by atoms with E-state index >= 15 is 0 Å². The molecule has 1 aliphatic carbocycles. The standard InChI is InChI=1S/C14H15.C5H5.7CH3.Hf/c1-2-10-6-7-13-8-11-4-3-5-12(11)9-14(10)13;1-2-4-5-3-1;;;;;;;;/h6-9H,2-5H2,1H3;1-5H;7*1H3;/q9*-1;. The third-order valence-corrected chi connectivity index (χ3v) is 4.01. The zero-order valence-electron chi connectivity index (χ0n) is 19.0. The molecular formula is C26H41Hf-9. The smallest absolute Gasteiger partial charge is 0 e. The summed E-state index contributed by atoms with van der Waals surface area (Å²) >= 11 is 0. The third-order valence-electron chi connectivity index (χ3n) is 4.01. The Hall–Kier alpha value is -0.950. The summed E-state index contributed by atoms with van der Waals surface area (Å²) in [4.78, 5) is 0. The van der Waals surface area contributed by atoms with Gasteiger partial charge >= 0.3 is 0 Å². The van der Waals surface area contributed by atoms with Gasteiger partial charge in [0.15, 0.2) is 0 Å². The van der Waals surface area contributed by atoms with Crippen molar-refractivity contribution < 1.29 is 25.8 Å². The molecule has 0 radical (unpaired) electrons. The van der Waals surface area contributed by atoms with Crippen LogP contribution in [0.1, 0.15) is 30.0 Å². The molecule has 0 atom stereocenters. The molecule has 0 aromatic heterocycles. The number of aryl methyl sites for hydroxylation is 3. The third kappa shape index (κ3) is 9.70. The summed E-state index contributed by atoms with van der Waals surface area (Å²) in [5.41, 5.74) is 4.69. The van der Waals surface area contributed by atoms with Crippen LogP contribution < -0.4 is 0 Å². The number of fused-ring (bicyclic) bond motifs is 2. The Morgan fingerprint density at radius 1 is 0.852 bits per heavy atom. The Bertz CT molecular complexity index is 627. The summed E-state index contributed by atoms with van der Waals surface area (Å²) in [6.45, 7) is 2.24. The zero-order chi connectivity index (χ0) is 13.1. The van der Waals surface area contributed by atoms with E-state index in [1.54, 1.807) is 11.1 Å². The van der Waals surface area contributed by atoms with Gasteiger partial charge in [-0.3, -0.25) is 0 Å². The van der Waals surface area contributed by atoms with E-state index in [9.17, 15) is 0 Å². The molecule has 0 spiro atoms. The zero-order valence-corrected chi connectivity index (χ0v) is 22.6. The van der Waals surface area contributed by atoms with Gasteiger partial charge in [-0.15, -0.1) is 34.5 Å². The minimum absolute atomic E-state index is 0. The van der Waals surface area contributed by atoms with Gasteiger partial charge in [-0.2, -0.15) is 24.3 Å². The number of hydrogen-bond donors (Lipinski definition) is 0. The Labute approximate surface area is 191 Å². The van der Waals surface area contributed by atoms with Gasteiger partial charge in [-0.25, -0.2) is 12.1 Å². The second-order valence-electron chi connectivity index (χ2n) is 5.24. The summed E-state index contributed by atoms with van der Waals surface area (Å²) in [5, 5.41) is 2.94. The van der Waals surface area contributed by atoms with Gasteiger partial charge < -0.3 is 52.0 Å². The van der Waals surface area contributed by atoms with Gasteiger partial charge in [0.2, 0.25) is 0 Å².